The molecule has 3 amide bonds. The first-order valence-corrected chi connectivity index (χ1v) is 11.7. The van der Waals surface area contributed by atoms with Crippen LogP contribution in [0, 0.1) is 0 Å². The minimum absolute atomic E-state index is 0.133. The van der Waals surface area contributed by atoms with Gasteiger partial charge in [-0.05, 0) is 37.7 Å². The molecule has 1 saturated heterocycles. The molecule has 4 unspecified atom stereocenters. The second kappa shape index (κ2) is 13.6. The number of carboxylic acids is 3. The van der Waals surface area contributed by atoms with Crippen molar-refractivity contribution in [3.8, 4) is 0 Å². The molecule has 1 fully saturated rings. The van der Waals surface area contributed by atoms with Crippen LogP contribution in [0.15, 0.2) is 0 Å². The lowest BCUT2D eigenvalue weighted by Gasteiger charge is -2.28. The monoisotopic (exact) mass is 490 g/mol. The first kappa shape index (κ1) is 28.2. The van der Waals surface area contributed by atoms with Crippen LogP contribution in [0.25, 0.3) is 0 Å². The number of nitrogens with one attached hydrogen (secondary N) is 2. The van der Waals surface area contributed by atoms with Gasteiger partial charge in [0, 0.05) is 13.0 Å². The third kappa shape index (κ3) is 9.26. The van der Waals surface area contributed by atoms with Crippen molar-refractivity contribution in [2.75, 3.05) is 18.6 Å². The number of likely N-dealkylation sites (tertiary alicyclic amines) is 1. The maximum absolute atomic E-state index is 12.8. The van der Waals surface area contributed by atoms with Crippen molar-refractivity contribution in [3.63, 3.8) is 0 Å². The molecule has 1 rings (SSSR count). The van der Waals surface area contributed by atoms with E-state index in [4.69, 9.17) is 15.9 Å². The molecule has 13 nitrogen and oxygen atoms in total. The molecule has 0 aromatic rings. The molecule has 4 atom stereocenters. The number of aliphatic carboxylic acids is 3. The Balaban J connectivity index is 2.93. The largest absolute Gasteiger partial charge is 0.481 e. The topological polar surface area (TPSA) is 216 Å². The number of carboxylic acid groups (broad SMARTS) is 3. The summed E-state index contributed by atoms with van der Waals surface area (Å²) >= 11 is 1.39. The van der Waals surface area contributed by atoms with Gasteiger partial charge in [0.1, 0.15) is 18.1 Å². The summed E-state index contributed by atoms with van der Waals surface area (Å²) in [5.74, 6) is -5.58. The molecular formula is C19H30N4O9S. The van der Waals surface area contributed by atoms with E-state index >= 15 is 0 Å². The van der Waals surface area contributed by atoms with Crippen LogP contribution in [0.4, 0.5) is 0 Å². The predicted octanol–water partition coefficient (Wildman–Crippen LogP) is -1.55. The highest BCUT2D eigenvalue weighted by Crippen LogP contribution is 2.19. The summed E-state index contributed by atoms with van der Waals surface area (Å²) in [5, 5.41) is 31.8. The Kier molecular flexibility index (Phi) is 11.6. The van der Waals surface area contributed by atoms with E-state index in [1.165, 1.54) is 11.8 Å². The molecule has 0 bridgehead atoms. The molecular weight excluding hydrogens is 460 g/mol. The second-order valence-corrected chi connectivity index (χ2v) is 8.55. The Morgan fingerprint density at radius 1 is 1.03 bits per heavy atom. The van der Waals surface area contributed by atoms with Crippen LogP contribution in [-0.4, -0.2) is 98.6 Å². The van der Waals surface area contributed by atoms with Gasteiger partial charge in [0.2, 0.25) is 17.7 Å². The van der Waals surface area contributed by atoms with Gasteiger partial charge in [0.25, 0.3) is 0 Å². The molecule has 0 aromatic carbocycles. The van der Waals surface area contributed by atoms with Gasteiger partial charge in [-0.15, -0.1) is 0 Å². The highest BCUT2D eigenvalue weighted by atomic mass is 32.2. The van der Waals surface area contributed by atoms with Crippen molar-refractivity contribution in [3.05, 3.63) is 0 Å². The predicted molar refractivity (Wildman–Crippen MR) is 116 cm³/mol. The van der Waals surface area contributed by atoms with Crippen LogP contribution in [0.5, 0.6) is 0 Å². The van der Waals surface area contributed by atoms with Crippen LogP contribution >= 0.6 is 11.8 Å². The lowest BCUT2D eigenvalue weighted by atomic mass is 10.1. The quantitative estimate of drug-likeness (QED) is 0.164. The first-order chi connectivity index (χ1) is 15.5. The lowest BCUT2D eigenvalue weighted by Crippen LogP contribution is -2.56. The Morgan fingerprint density at radius 3 is 2.24 bits per heavy atom. The van der Waals surface area contributed by atoms with Crippen LogP contribution in [0.3, 0.4) is 0 Å². The van der Waals surface area contributed by atoms with Crippen molar-refractivity contribution in [2.24, 2.45) is 5.73 Å². The van der Waals surface area contributed by atoms with E-state index < -0.39 is 72.6 Å². The fourth-order valence-electron chi connectivity index (χ4n) is 3.36. The Bertz CT molecular complexity index is 764. The van der Waals surface area contributed by atoms with Crippen LogP contribution in [0.1, 0.15) is 38.5 Å². The summed E-state index contributed by atoms with van der Waals surface area (Å²) in [6.07, 6.45) is 1.24. The standard InChI is InChI=1S/C19H30N4O9S/c1-33-8-6-12(19(31)32)22-16(28)11(4-5-14(24)25)21-17(29)13-3-2-7-23(13)18(30)10(20)9-15(26)27/h10-13H,2-9,20H2,1H3,(H,21,29)(H,22,28)(H,24,25)(H,26,27)(H,31,32). The van der Waals surface area contributed by atoms with E-state index in [0.717, 1.165) is 4.90 Å². The number of thioether (sulfide) groups is 1. The van der Waals surface area contributed by atoms with Gasteiger partial charge in [0.15, 0.2) is 0 Å². The summed E-state index contributed by atoms with van der Waals surface area (Å²) in [6.45, 7) is 0.173. The number of nitrogens with zero attached hydrogens (tertiary/aromatic N) is 1. The van der Waals surface area contributed by atoms with Gasteiger partial charge in [-0.3, -0.25) is 24.0 Å². The van der Waals surface area contributed by atoms with Crippen molar-refractivity contribution in [2.45, 2.75) is 62.7 Å². The van der Waals surface area contributed by atoms with Crippen LogP contribution in [0.2, 0.25) is 0 Å². The molecule has 7 N–H and O–H groups in total. The smallest absolute Gasteiger partial charge is 0.326 e. The fraction of sp³-hybridized carbons (Fsp3) is 0.684. The molecule has 0 radical (unpaired) electrons. The molecule has 186 valence electrons. The minimum Gasteiger partial charge on any atom is -0.481 e. The SMILES string of the molecule is CSCCC(NC(=O)C(CCC(=O)O)NC(=O)C1CCCN1C(=O)C(N)CC(=O)O)C(=O)O. The van der Waals surface area contributed by atoms with E-state index in [2.05, 4.69) is 10.6 Å². The van der Waals surface area contributed by atoms with Crippen molar-refractivity contribution < 1.29 is 44.1 Å². The zero-order valence-electron chi connectivity index (χ0n) is 18.2. The number of nitrogens with two attached hydrogens (primary N) is 1. The number of hydrogen-bond donors (Lipinski definition) is 6. The molecule has 0 spiro atoms. The van der Waals surface area contributed by atoms with Crippen molar-refractivity contribution in [1.82, 2.24) is 15.5 Å². The Hall–Kier alpha value is -2.87. The average molecular weight is 491 g/mol. The first-order valence-electron chi connectivity index (χ1n) is 10.3. The van der Waals surface area contributed by atoms with E-state index in [-0.39, 0.29) is 25.8 Å². The highest BCUT2D eigenvalue weighted by Gasteiger charge is 2.38. The zero-order chi connectivity index (χ0) is 25.1. The van der Waals surface area contributed by atoms with Crippen molar-refractivity contribution in [1.29, 1.82) is 0 Å². The molecule has 0 aliphatic carbocycles. The van der Waals surface area contributed by atoms with Gasteiger partial charge in [0.05, 0.1) is 12.5 Å². The van der Waals surface area contributed by atoms with E-state index in [9.17, 15) is 33.9 Å². The average Bonchev–Trinajstić information content (AvgIpc) is 3.22. The molecule has 33 heavy (non-hydrogen) atoms. The summed E-state index contributed by atoms with van der Waals surface area (Å²) in [5.41, 5.74) is 5.62. The molecule has 1 aliphatic heterocycles. The number of hydrogen-bond acceptors (Lipinski definition) is 8. The summed E-state index contributed by atoms with van der Waals surface area (Å²) in [6, 6.07) is -4.90. The lowest BCUT2D eigenvalue weighted by molar-refractivity contribution is -0.145. The number of carbonyl (C=O) groups is 6. The van der Waals surface area contributed by atoms with E-state index in [0.29, 0.717) is 12.2 Å². The van der Waals surface area contributed by atoms with Crippen LogP contribution in [-0.2, 0) is 28.8 Å². The highest BCUT2D eigenvalue weighted by molar-refractivity contribution is 7.98. The van der Waals surface area contributed by atoms with Gasteiger partial charge in [-0.25, -0.2) is 4.79 Å². The molecule has 0 aromatic heterocycles. The zero-order valence-corrected chi connectivity index (χ0v) is 19.0. The van der Waals surface area contributed by atoms with Crippen molar-refractivity contribution >= 4 is 47.4 Å². The molecule has 1 heterocycles. The van der Waals surface area contributed by atoms with Gasteiger partial charge < -0.3 is 36.6 Å². The number of rotatable bonds is 14. The second-order valence-electron chi connectivity index (χ2n) is 7.57. The third-order valence-electron chi connectivity index (χ3n) is 5.06. The maximum atomic E-state index is 12.8. The summed E-state index contributed by atoms with van der Waals surface area (Å²) in [7, 11) is 0. The van der Waals surface area contributed by atoms with Gasteiger partial charge in [-0.1, -0.05) is 0 Å². The van der Waals surface area contributed by atoms with E-state index in [1.54, 1.807) is 6.26 Å². The van der Waals surface area contributed by atoms with Gasteiger partial charge >= 0.3 is 17.9 Å². The minimum atomic E-state index is -1.34. The van der Waals surface area contributed by atoms with Gasteiger partial charge in [-0.2, -0.15) is 11.8 Å². The Labute approximate surface area is 194 Å². The Morgan fingerprint density at radius 2 is 1.70 bits per heavy atom. The van der Waals surface area contributed by atoms with Crippen LogP contribution < -0.4 is 16.4 Å². The number of carbonyl (C=O) groups excluding carboxylic acids is 3. The normalized spacial score (nSPS) is 18.1. The third-order valence-corrected chi connectivity index (χ3v) is 5.70. The fourth-order valence-corrected chi connectivity index (χ4v) is 3.83. The maximum Gasteiger partial charge on any atom is 0.326 e. The van der Waals surface area contributed by atoms with E-state index in [1.807, 2.05) is 0 Å². The summed E-state index contributed by atoms with van der Waals surface area (Å²) in [4.78, 5) is 72.4. The number of amides is 3. The summed E-state index contributed by atoms with van der Waals surface area (Å²) < 4.78 is 0. The molecule has 14 heteroatoms. The molecule has 1 aliphatic rings. The molecule has 0 saturated carbocycles.